The van der Waals surface area contributed by atoms with Gasteiger partial charge < -0.3 is 10.2 Å². The fourth-order valence-electron chi connectivity index (χ4n) is 3.44. The van der Waals surface area contributed by atoms with E-state index in [2.05, 4.69) is 5.32 Å². The van der Waals surface area contributed by atoms with Gasteiger partial charge in [0.05, 0.1) is 11.9 Å². The number of hydrogen-bond acceptors (Lipinski definition) is 4. The smallest absolute Gasteiger partial charge is 0.244 e. The van der Waals surface area contributed by atoms with Crippen LogP contribution in [0.4, 0.5) is 5.69 Å². The Kier molecular flexibility index (Phi) is 9.94. The molecule has 0 radical (unpaired) electrons. The zero-order valence-electron chi connectivity index (χ0n) is 20.5. The zero-order valence-corrected chi connectivity index (χ0v) is 22.0. The summed E-state index contributed by atoms with van der Waals surface area (Å²) < 4.78 is 26.2. The summed E-state index contributed by atoms with van der Waals surface area (Å²) in [5, 5.41) is 3.27. The third-order valence-corrected chi connectivity index (χ3v) is 7.27. The number of rotatable bonds is 11. The molecule has 9 heteroatoms. The number of unbranched alkanes of at least 4 members (excludes halogenated alkanes) is 1. The highest BCUT2D eigenvalue weighted by Gasteiger charge is 2.30. The van der Waals surface area contributed by atoms with Gasteiger partial charge in [0.25, 0.3) is 0 Å². The Hall–Kier alpha value is -2.58. The van der Waals surface area contributed by atoms with Crippen LogP contribution in [0.2, 0.25) is 5.02 Å². The molecule has 1 N–H and O–H groups in total. The van der Waals surface area contributed by atoms with Gasteiger partial charge in [-0.15, -0.1) is 0 Å². The Bertz CT molecular complexity index is 1120. The molecule has 0 aromatic heterocycles. The summed E-state index contributed by atoms with van der Waals surface area (Å²) in [6.45, 7) is 7.68. The number of halogens is 1. The van der Waals surface area contributed by atoms with E-state index in [1.165, 1.54) is 11.0 Å². The summed E-state index contributed by atoms with van der Waals surface area (Å²) in [4.78, 5) is 27.8. The molecule has 0 saturated carbocycles. The predicted octanol–water partition coefficient (Wildman–Crippen LogP) is 4.06. The van der Waals surface area contributed by atoms with Crippen LogP contribution >= 0.6 is 11.6 Å². The molecule has 0 aliphatic carbocycles. The third kappa shape index (κ3) is 7.46. The summed E-state index contributed by atoms with van der Waals surface area (Å²) in [7, 11) is -3.79. The van der Waals surface area contributed by atoms with Gasteiger partial charge in [-0.25, -0.2) is 8.42 Å². The minimum absolute atomic E-state index is 0.181. The van der Waals surface area contributed by atoms with Crippen LogP contribution in [0.15, 0.2) is 42.5 Å². The quantitative estimate of drug-likeness (QED) is 0.465. The van der Waals surface area contributed by atoms with Gasteiger partial charge in [-0.05, 0) is 56.0 Å². The topological polar surface area (TPSA) is 86.8 Å². The molecule has 0 fully saturated rings. The molecular formula is C25H34ClN3O4S. The molecule has 0 spiro atoms. The second-order valence-electron chi connectivity index (χ2n) is 8.47. The third-order valence-electron chi connectivity index (χ3n) is 5.72. The van der Waals surface area contributed by atoms with Crippen molar-refractivity contribution in [3.8, 4) is 0 Å². The molecule has 7 nitrogen and oxygen atoms in total. The van der Waals surface area contributed by atoms with Crippen LogP contribution in [0, 0.1) is 13.8 Å². The molecule has 186 valence electrons. The van der Waals surface area contributed by atoms with Crippen molar-refractivity contribution in [1.82, 2.24) is 10.2 Å². The van der Waals surface area contributed by atoms with E-state index in [1.807, 2.05) is 45.0 Å². The van der Waals surface area contributed by atoms with E-state index in [-0.39, 0.29) is 12.5 Å². The van der Waals surface area contributed by atoms with Crippen molar-refractivity contribution in [3.63, 3.8) is 0 Å². The number of carbonyl (C=O) groups is 2. The van der Waals surface area contributed by atoms with E-state index >= 15 is 0 Å². The number of nitrogens with zero attached hydrogens (tertiary/aromatic N) is 2. The second kappa shape index (κ2) is 12.2. The highest BCUT2D eigenvalue weighted by molar-refractivity contribution is 7.92. The monoisotopic (exact) mass is 507 g/mol. The van der Waals surface area contributed by atoms with Crippen molar-refractivity contribution < 1.29 is 18.0 Å². The van der Waals surface area contributed by atoms with Gasteiger partial charge in [0.2, 0.25) is 21.8 Å². The van der Waals surface area contributed by atoms with Crippen LogP contribution in [-0.2, 0) is 26.2 Å². The Morgan fingerprint density at radius 1 is 1.09 bits per heavy atom. The van der Waals surface area contributed by atoms with Gasteiger partial charge in [-0.3, -0.25) is 13.9 Å². The predicted molar refractivity (Wildman–Crippen MR) is 137 cm³/mol. The maximum Gasteiger partial charge on any atom is 0.244 e. The van der Waals surface area contributed by atoms with E-state index in [1.54, 1.807) is 19.1 Å². The molecule has 0 heterocycles. The van der Waals surface area contributed by atoms with Gasteiger partial charge in [0, 0.05) is 18.1 Å². The second-order valence-corrected chi connectivity index (χ2v) is 10.8. The first kappa shape index (κ1) is 27.7. The molecule has 0 aliphatic heterocycles. The highest BCUT2D eigenvalue weighted by Crippen LogP contribution is 2.25. The maximum atomic E-state index is 13.5. The van der Waals surface area contributed by atoms with Crippen LogP contribution in [0.5, 0.6) is 0 Å². The van der Waals surface area contributed by atoms with Gasteiger partial charge in [-0.1, -0.05) is 55.3 Å². The lowest BCUT2D eigenvalue weighted by Gasteiger charge is -2.32. The Morgan fingerprint density at radius 3 is 2.35 bits per heavy atom. The Balaban J connectivity index is 2.38. The van der Waals surface area contributed by atoms with Crippen LogP contribution < -0.4 is 9.62 Å². The zero-order chi connectivity index (χ0) is 25.5. The number of amides is 2. The highest BCUT2D eigenvalue weighted by atomic mass is 35.5. The van der Waals surface area contributed by atoms with Crippen LogP contribution in [0.25, 0.3) is 0 Å². The normalized spacial score (nSPS) is 12.2. The summed E-state index contributed by atoms with van der Waals surface area (Å²) >= 11 is 6.21. The maximum absolute atomic E-state index is 13.5. The number of benzene rings is 2. The van der Waals surface area contributed by atoms with Crippen LogP contribution in [0.3, 0.4) is 0 Å². The van der Waals surface area contributed by atoms with E-state index in [4.69, 9.17) is 11.6 Å². The molecule has 2 amide bonds. The van der Waals surface area contributed by atoms with Crippen molar-refractivity contribution in [2.24, 2.45) is 0 Å². The van der Waals surface area contributed by atoms with Crippen molar-refractivity contribution in [2.75, 3.05) is 23.7 Å². The number of sulfonamides is 1. The van der Waals surface area contributed by atoms with Gasteiger partial charge in [-0.2, -0.15) is 0 Å². The van der Waals surface area contributed by atoms with E-state index < -0.39 is 28.5 Å². The first-order valence-electron chi connectivity index (χ1n) is 11.3. The number of nitrogens with one attached hydrogen (secondary N) is 1. The minimum Gasteiger partial charge on any atom is -0.354 e. The number of hydrogen-bond donors (Lipinski definition) is 1. The molecular weight excluding hydrogens is 474 g/mol. The van der Waals surface area contributed by atoms with Crippen molar-refractivity contribution in [2.45, 2.75) is 53.1 Å². The molecule has 1 atom stereocenters. The van der Waals surface area contributed by atoms with E-state index in [0.29, 0.717) is 17.3 Å². The van der Waals surface area contributed by atoms with Gasteiger partial charge in [0.1, 0.15) is 12.6 Å². The van der Waals surface area contributed by atoms with Crippen LogP contribution in [-0.4, -0.2) is 50.5 Å². The molecule has 0 bridgehead atoms. The average Bonchev–Trinajstić information content (AvgIpc) is 2.77. The van der Waals surface area contributed by atoms with Crippen molar-refractivity contribution in [3.05, 3.63) is 64.2 Å². The molecule has 0 saturated heterocycles. The SMILES string of the molecule is CCCCNC(=O)[C@H](C)N(Cc1ccccc1C)C(=O)CN(c1ccc(C)c(Cl)c1)S(C)(=O)=O. The van der Waals surface area contributed by atoms with E-state index in [0.717, 1.165) is 40.1 Å². The van der Waals surface area contributed by atoms with E-state index in [9.17, 15) is 18.0 Å². The first-order valence-corrected chi connectivity index (χ1v) is 13.5. The van der Waals surface area contributed by atoms with Gasteiger partial charge >= 0.3 is 0 Å². The molecule has 2 aromatic rings. The first-order chi connectivity index (χ1) is 16.0. The number of anilines is 1. The summed E-state index contributed by atoms with van der Waals surface area (Å²) in [5.41, 5.74) is 2.95. The number of aryl methyl sites for hydroxylation is 2. The lowest BCUT2D eigenvalue weighted by Crippen LogP contribution is -2.51. The largest absolute Gasteiger partial charge is 0.354 e. The fourth-order valence-corrected chi connectivity index (χ4v) is 4.46. The summed E-state index contributed by atoms with van der Waals surface area (Å²) in [6, 6.07) is 11.7. The average molecular weight is 508 g/mol. The summed E-state index contributed by atoms with van der Waals surface area (Å²) in [5.74, 6) is -0.761. The van der Waals surface area contributed by atoms with Crippen molar-refractivity contribution in [1.29, 1.82) is 0 Å². The lowest BCUT2D eigenvalue weighted by atomic mass is 10.1. The molecule has 0 aliphatic rings. The van der Waals surface area contributed by atoms with Crippen LogP contribution in [0.1, 0.15) is 43.4 Å². The lowest BCUT2D eigenvalue weighted by molar-refractivity contribution is -0.139. The summed E-state index contributed by atoms with van der Waals surface area (Å²) in [6.07, 6.45) is 2.81. The van der Waals surface area contributed by atoms with Gasteiger partial charge in [0.15, 0.2) is 0 Å². The Labute approximate surface area is 208 Å². The Morgan fingerprint density at radius 2 is 1.76 bits per heavy atom. The molecule has 0 unspecified atom stereocenters. The standard InChI is InChI=1S/C25H34ClN3O4S/c1-6-7-14-27-25(31)20(4)28(16-21-11-9-8-10-18(21)2)24(30)17-29(34(5,32)33)22-13-12-19(3)23(26)15-22/h8-13,15,20H,6-7,14,16-17H2,1-5H3,(H,27,31)/t20-/m0/s1. The number of carbonyl (C=O) groups excluding carboxylic acids is 2. The molecule has 2 aromatic carbocycles. The molecule has 2 rings (SSSR count). The van der Waals surface area contributed by atoms with Crippen molar-refractivity contribution >= 4 is 39.1 Å². The minimum atomic E-state index is -3.79. The fraction of sp³-hybridized carbons (Fsp3) is 0.440. The molecule has 34 heavy (non-hydrogen) atoms.